The van der Waals surface area contributed by atoms with Crippen LogP contribution in [0.5, 0.6) is 0 Å². The number of nitrogens with one attached hydrogen (secondary N) is 1. The second-order valence-corrected chi connectivity index (χ2v) is 9.66. The number of amides is 1. The van der Waals surface area contributed by atoms with Crippen LogP contribution in [0.25, 0.3) is 0 Å². The van der Waals surface area contributed by atoms with Gasteiger partial charge in [0.2, 0.25) is 5.91 Å². The monoisotopic (exact) mass is 481 g/mol. The van der Waals surface area contributed by atoms with Gasteiger partial charge in [0.05, 0.1) is 23.7 Å². The van der Waals surface area contributed by atoms with Crippen LogP contribution in [-0.4, -0.2) is 35.2 Å². The van der Waals surface area contributed by atoms with Gasteiger partial charge in [-0.25, -0.2) is 0 Å². The molecule has 2 atom stereocenters. The highest BCUT2D eigenvalue weighted by atomic mass is 19.4. The second-order valence-electron chi connectivity index (χ2n) is 9.66. The van der Waals surface area contributed by atoms with Crippen molar-refractivity contribution in [1.29, 1.82) is 0 Å². The van der Waals surface area contributed by atoms with E-state index in [1.165, 1.54) is 0 Å². The molecule has 0 unspecified atom stereocenters. The lowest BCUT2D eigenvalue weighted by Crippen LogP contribution is -2.32. The van der Waals surface area contributed by atoms with Crippen molar-refractivity contribution in [2.45, 2.75) is 52.6 Å². The summed E-state index contributed by atoms with van der Waals surface area (Å²) in [6, 6.07) is 6.25. The van der Waals surface area contributed by atoms with Crippen LogP contribution in [0, 0.1) is 17.8 Å². The van der Waals surface area contributed by atoms with E-state index in [2.05, 4.69) is 47.6 Å². The molecular formula is C24H30F3N3O4. The molecule has 0 bridgehead atoms. The lowest BCUT2D eigenvalue weighted by Gasteiger charge is -2.30. The van der Waals surface area contributed by atoms with Gasteiger partial charge in [0.25, 0.3) is 0 Å². The molecule has 1 aromatic heterocycles. The number of carboxylic acid groups (broad SMARTS) is 1. The van der Waals surface area contributed by atoms with Crippen molar-refractivity contribution in [3.63, 3.8) is 0 Å². The Balaban J connectivity index is 1.87. The Labute approximate surface area is 196 Å². The Kier molecular flexibility index (Phi) is 7.57. The maximum Gasteiger partial charge on any atom is 0.436 e. The van der Waals surface area contributed by atoms with Gasteiger partial charge in [-0.15, -0.1) is 0 Å². The largest absolute Gasteiger partial charge is 0.481 e. The molecule has 10 heteroatoms. The van der Waals surface area contributed by atoms with Gasteiger partial charge in [-0.3, -0.25) is 9.59 Å². The van der Waals surface area contributed by atoms with Crippen molar-refractivity contribution < 1.29 is 32.4 Å². The van der Waals surface area contributed by atoms with Crippen molar-refractivity contribution in [3.05, 3.63) is 41.3 Å². The van der Waals surface area contributed by atoms with Crippen LogP contribution in [0.15, 0.2) is 28.8 Å². The topological polar surface area (TPSA) is 95.7 Å². The van der Waals surface area contributed by atoms with Gasteiger partial charge in [-0.1, -0.05) is 38.9 Å². The molecule has 3 rings (SSSR count). The zero-order valence-electron chi connectivity index (χ0n) is 19.6. The summed E-state index contributed by atoms with van der Waals surface area (Å²) < 4.78 is 43.0. The van der Waals surface area contributed by atoms with Crippen molar-refractivity contribution in [2.75, 3.05) is 23.3 Å². The summed E-state index contributed by atoms with van der Waals surface area (Å²) in [7, 11) is 0. The third-order valence-corrected chi connectivity index (χ3v) is 5.53. The number of carboxylic acids is 1. The maximum atomic E-state index is 12.8. The molecule has 2 N–H and O–H groups in total. The fraction of sp³-hybridized carbons (Fsp3) is 0.542. The van der Waals surface area contributed by atoms with Crippen molar-refractivity contribution in [1.82, 2.24) is 5.16 Å². The summed E-state index contributed by atoms with van der Waals surface area (Å²) in [5.41, 5.74) is 0.891. The van der Waals surface area contributed by atoms with Gasteiger partial charge < -0.3 is 19.8 Å². The van der Waals surface area contributed by atoms with Crippen LogP contribution in [0.1, 0.15) is 57.1 Å². The summed E-state index contributed by atoms with van der Waals surface area (Å²) in [5, 5.41) is 15.1. The van der Waals surface area contributed by atoms with E-state index >= 15 is 0 Å². The molecule has 186 valence electrons. The minimum absolute atomic E-state index is 0.130. The third kappa shape index (κ3) is 6.51. The zero-order valence-corrected chi connectivity index (χ0v) is 19.6. The number of carbonyl (C=O) groups excluding carboxylic acids is 1. The fourth-order valence-corrected chi connectivity index (χ4v) is 4.03. The summed E-state index contributed by atoms with van der Waals surface area (Å²) in [6.45, 7) is 9.82. The van der Waals surface area contributed by atoms with E-state index in [-0.39, 0.29) is 11.7 Å². The quantitative estimate of drug-likeness (QED) is 0.486. The van der Waals surface area contributed by atoms with Gasteiger partial charge >= 0.3 is 12.1 Å². The molecule has 0 spiro atoms. The van der Waals surface area contributed by atoms with E-state index in [4.69, 9.17) is 0 Å². The molecule has 0 radical (unpaired) electrons. The minimum Gasteiger partial charge on any atom is -0.481 e. The first kappa shape index (κ1) is 25.6. The predicted octanol–water partition coefficient (Wildman–Crippen LogP) is 5.18. The molecule has 1 amide bonds. The highest BCUT2D eigenvalue weighted by Gasteiger charge is 2.44. The van der Waals surface area contributed by atoms with Gasteiger partial charge in [-0.05, 0) is 41.9 Å². The Morgan fingerprint density at radius 2 is 1.82 bits per heavy atom. The lowest BCUT2D eigenvalue weighted by atomic mass is 10.0. The molecule has 0 aliphatic heterocycles. The third-order valence-electron chi connectivity index (χ3n) is 5.53. The number of halogens is 3. The first-order chi connectivity index (χ1) is 15.8. The Hall–Kier alpha value is -3.04. The summed E-state index contributed by atoms with van der Waals surface area (Å²) in [6.07, 6.45) is -4.54. The average molecular weight is 482 g/mol. The van der Waals surface area contributed by atoms with Gasteiger partial charge in [0.15, 0.2) is 5.69 Å². The number of hydrogen-bond donors (Lipinski definition) is 2. The summed E-state index contributed by atoms with van der Waals surface area (Å²) >= 11 is 0. The average Bonchev–Trinajstić information content (AvgIpc) is 3.37. The van der Waals surface area contributed by atoms with E-state index in [0.29, 0.717) is 30.0 Å². The smallest absolute Gasteiger partial charge is 0.436 e. The molecule has 34 heavy (non-hydrogen) atoms. The molecule has 0 saturated heterocycles. The van der Waals surface area contributed by atoms with Crippen LogP contribution in [0.2, 0.25) is 0 Å². The van der Waals surface area contributed by atoms with E-state index in [1.807, 2.05) is 12.1 Å². The number of anilines is 2. The molecule has 7 nitrogen and oxygen atoms in total. The summed E-state index contributed by atoms with van der Waals surface area (Å²) in [5.74, 6) is -1.50. The molecule has 2 aromatic rings. The minimum atomic E-state index is -4.65. The summed E-state index contributed by atoms with van der Waals surface area (Å²) in [4.78, 5) is 26.2. The predicted molar refractivity (Wildman–Crippen MR) is 121 cm³/mol. The molecule has 1 saturated carbocycles. The molecule has 1 aliphatic rings. The van der Waals surface area contributed by atoms with Crippen LogP contribution in [0.4, 0.5) is 24.5 Å². The highest BCUT2D eigenvalue weighted by molar-refractivity contribution is 5.95. The van der Waals surface area contributed by atoms with Crippen molar-refractivity contribution in [2.24, 2.45) is 17.8 Å². The number of nitrogens with zero attached hydrogens (tertiary/aromatic N) is 2. The molecule has 1 heterocycles. The van der Waals surface area contributed by atoms with Gasteiger partial charge in [0, 0.05) is 19.2 Å². The number of benzene rings is 1. The molecular weight excluding hydrogens is 451 g/mol. The number of alkyl halides is 3. The molecule has 1 aromatic carbocycles. The number of rotatable bonds is 10. The number of hydrogen-bond acceptors (Lipinski definition) is 5. The van der Waals surface area contributed by atoms with E-state index in [9.17, 15) is 27.9 Å². The number of aliphatic carboxylic acids is 1. The first-order valence-electron chi connectivity index (χ1n) is 11.3. The van der Waals surface area contributed by atoms with E-state index in [1.54, 1.807) is 6.07 Å². The lowest BCUT2D eigenvalue weighted by molar-refractivity contribution is -0.142. The second kappa shape index (κ2) is 10.1. The number of carbonyl (C=O) groups is 2. The van der Waals surface area contributed by atoms with Crippen molar-refractivity contribution in [3.8, 4) is 0 Å². The maximum absolute atomic E-state index is 12.8. The van der Waals surface area contributed by atoms with E-state index < -0.39 is 36.1 Å². The molecule has 1 aliphatic carbocycles. The van der Waals surface area contributed by atoms with Crippen molar-refractivity contribution >= 4 is 23.3 Å². The SMILES string of the molecule is CC(C)CN(CC(C)C)c1ccc([C@H]2C[C@H]2C(=O)O)cc1NC(=O)Cc1cc(C(F)(F)F)no1. The van der Waals surface area contributed by atoms with Gasteiger partial charge in [0.1, 0.15) is 5.76 Å². The van der Waals surface area contributed by atoms with Crippen LogP contribution in [0.3, 0.4) is 0 Å². The van der Waals surface area contributed by atoms with Crippen LogP contribution >= 0.6 is 0 Å². The fourth-order valence-electron chi connectivity index (χ4n) is 4.03. The highest BCUT2D eigenvalue weighted by Crippen LogP contribution is 2.49. The Morgan fingerprint density at radius 1 is 1.18 bits per heavy atom. The zero-order chi connectivity index (χ0) is 25.2. The van der Waals surface area contributed by atoms with Crippen LogP contribution < -0.4 is 10.2 Å². The Bertz CT molecular complexity index is 1020. The first-order valence-corrected chi connectivity index (χ1v) is 11.3. The van der Waals surface area contributed by atoms with Gasteiger partial charge in [-0.2, -0.15) is 13.2 Å². The standard InChI is InChI=1S/C24H30F3N3O4/c1-13(2)11-30(12-14(3)4)20-6-5-15(17-10-18(17)23(32)33)7-19(20)28-22(31)9-16-8-21(29-34-16)24(25,26)27/h5-8,13-14,17-18H,9-12H2,1-4H3,(H,28,31)(H,32,33)/t17-,18-/m1/s1. The normalized spacial score (nSPS) is 17.8. The Morgan fingerprint density at radius 3 is 2.32 bits per heavy atom. The number of aromatic nitrogens is 1. The van der Waals surface area contributed by atoms with Crippen LogP contribution in [-0.2, 0) is 22.2 Å². The molecule has 1 fully saturated rings. The van der Waals surface area contributed by atoms with E-state index in [0.717, 1.165) is 24.3 Å².